The van der Waals surface area contributed by atoms with Crippen LogP contribution in [0.25, 0.3) is 0 Å². The van der Waals surface area contributed by atoms with Gasteiger partial charge in [0.05, 0.1) is 12.0 Å². The topological polar surface area (TPSA) is 180 Å². The molecule has 0 saturated carbocycles. The second kappa shape index (κ2) is 24.6. The normalized spacial score (nSPS) is 20.0. The van der Waals surface area contributed by atoms with Crippen LogP contribution < -0.4 is 20.7 Å². The lowest BCUT2D eigenvalue weighted by Gasteiger charge is -2.40. The zero-order valence-corrected chi connectivity index (χ0v) is 38.6. The minimum atomic E-state index is -0.959. The molecule has 0 aliphatic carbocycles. The molecule has 8 atom stereocenters. The predicted molar refractivity (Wildman–Crippen MR) is 237 cm³/mol. The highest BCUT2D eigenvalue weighted by Crippen LogP contribution is 2.32. The van der Waals surface area contributed by atoms with E-state index in [0.29, 0.717) is 36.8 Å². The number of carboxylic acid groups (broad SMARTS) is 1. The van der Waals surface area contributed by atoms with E-state index in [1.807, 2.05) is 51.8 Å². The molecule has 340 valence electrons. The number of rotatable bonds is 24. The number of piperidine rings is 1. The number of hydrogen-bond acceptors (Lipinski definition) is 11. The Morgan fingerprint density at radius 3 is 2.33 bits per heavy atom. The molecule has 1 aromatic carbocycles. The van der Waals surface area contributed by atoms with Gasteiger partial charge in [0.15, 0.2) is 0 Å². The fraction of sp³-hybridized carbons (Fsp3) is 0.696. The van der Waals surface area contributed by atoms with E-state index < -0.39 is 36.0 Å². The number of hydrogen-bond donors (Lipinski definition) is 4. The summed E-state index contributed by atoms with van der Waals surface area (Å²) in [7, 11) is 1.97. The molecule has 2 aliphatic rings. The van der Waals surface area contributed by atoms with E-state index >= 15 is 0 Å². The first kappa shape index (κ1) is 49.7. The molecular weight excluding hydrogens is 797 g/mol. The third-order valence-corrected chi connectivity index (χ3v) is 13.1. The quantitative estimate of drug-likeness (QED) is 0.0679. The molecule has 0 spiro atoms. The van der Waals surface area contributed by atoms with Crippen LogP contribution in [-0.2, 0) is 30.3 Å². The molecule has 61 heavy (non-hydrogen) atoms. The highest BCUT2D eigenvalue weighted by molar-refractivity contribution is 7.09. The number of thiazole rings is 1. The van der Waals surface area contributed by atoms with Crippen molar-refractivity contribution in [1.29, 1.82) is 0 Å². The fourth-order valence-corrected chi connectivity index (χ4v) is 9.11. The fourth-order valence-electron chi connectivity index (χ4n) is 8.25. The Labute approximate surface area is 367 Å². The minimum Gasteiger partial charge on any atom is -0.481 e. The van der Waals surface area contributed by atoms with E-state index in [9.17, 15) is 29.1 Å². The number of carboxylic acids is 1. The second-order valence-electron chi connectivity index (χ2n) is 17.4. The second-order valence-corrected chi connectivity index (χ2v) is 18.3. The number of ether oxygens (including phenoxy) is 2. The summed E-state index contributed by atoms with van der Waals surface area (Å²) in [5.74, 6) is -2.21. The Morgan fingerprint density at radius 2 is 1.72 bits per heavy atom. The maximum atomic E-state index is 14.7. The number of aliphatic carboxylic acids is 1. The van der Waals surface area contributed by atoms with E-state index in [1.165, 1.54) is 11.3 Å². The first-order chi connectivity index (χ1) is 29.2. The maximum Gasteiger partial charge on any atom is 0.328 e. The minimum absolute atomic E-state index is 0.0473. The van der Waals surface area contributed by atoms with Crippen LogP contribution in [0.15, 0.2) is 29.6 Å². The van der Waals surface area contributed by atoms with Gasteiger partial charge in [0.25, 0.3) is 5.91 Å². The summed E-state index contributed by atoms with van der Waals surface area (Å²) < 4.78 is 12.0. The summed E-state index contributed by atoms with van der Waals surface area (Å²) in [4.78, 5) is 75.4. The molecule has 2 saturated heterocycles. The number of likely N-dealkylation sites (N-methyl/N-ethyl adjacent to an activating group) is 1. The Morgan fingerprint density at radius 1 is 0.984 bits per heavy atom. The van der Waals surface area contributed by atoms with E-state index in [4.69, 9.17) is 14.5 Å². The summed E-state index contributed by atoms with van der Waals surface area (Å²) >= 11 is 1.33. The third kappa shape index (κ3) is 14.6. The Kier molecular flexibility index (Phi) is 20.1. The van der Waals surface area contributed by atoms with Crippen LogP contribution in [0.4, 0.5) is 0 Å². The average molecular weight is 869 g/mol. The molecule has 2 aliphatic heterocycles. The first-order valence-electron chi connectivity index (χ1n) is 22.6. The number of carbonyl (C=O) groups excluding carboxylic acids is 4. The molecule has 14 nitrogen and oxygen atoms in total. The molecule has 3 amide bonds. The van der Waals surface area contributed by atoms with Gasteiger partial charge in [0.2, 0.25) is 11.8 Å². The van der Waals surface area contributed by atoms with Crippen molar-refractivity contribution in [3.05, 3.63) is 45.9 Å². The smallest absolute Gasteiger partial charge is 0.328 e. The largest absolute Gasteiger partial charge is 0.481 e. The summed E-state index contributed by atoms with van der Waals surface area (Å²) in [6.07, 6.45) is 7.21. The molecule has 0 radical (unpaired) electrons. The molecule has 8 unspecified atom stereocenters. The summed E-state index contributed by atoms with van der Waals surface area (Å²) in [5, 5.41) is 21.4. The van der Waals surface area contributed by atoms with Gasteiger partial charge in [-0.1, -0.05) is 73.4 Å². The van der Waals surface area contributed by atoms with Crippen molar-refractivity contribution in [3.63, 3.8) is 0 Å². The van der Waals surface area contributed by atoms with Gasteiger partial charge >= 0.3 is 11.9 Å². The highest BCUT2D eigenvalue weighted by atomic mass is 32.1. The van der Waals surface area contributed by atoms with E-state index in [-0.39, 0.29) is 59.9 Å². The van der Waals surface area contributed by atoms with Gasteiger partial charge in [-0.3, -0.25) is 24.1 Å². The van der Waals surface area contributed by atoms with Crippen LogP contribution in [0.3, 0.4) is 0 Å². The van der Waals surface area contributed by atoms with Gasteiger partial charge in [-0.25, -0.2) is 9.78 Å². The lowest BCUT2D eigenvalue weighted by atomic mass is 9.92. The Balaban J connectivity index is 1.52. The van der Waals surface area contributed by atoms with Crippen molar-refractivity contribution in [2.45, 2.75) is 155 Å². The lowest BCUT2D eigenvalue weighted by molar-refractivity contribution is -0.143. The Hall–Kier alpha value is -3.92. The molecule has 1 aromatic heterocycles. The number of aromatic nitrogens is 1. The SMILES string of the molecule is CCCOC(CC(C(C)C)N(CCC)C(=O)C(NC(=O)C1CCCCN1C)C(C)CC)c1nc(C(=O)NC(Cc2ccc(OC(=O)C3CCCN3)cc2)CC(C)C(=O)O)cs1. The molecule has 0 bridgehead atoms. The molecule has 2 aromatic rings. The predicted octanol–water partition coefficient (Wildman–Crippen LogP) is 6.39. The zero-order chi connectivity index (χ0) is 44.6. The van der Waals surface area contributed by atoms with Crippen molar-refractivity contribution in [2.75, 3.05) is 33.3 Å². The molecule has 3 heterocycles. The van der Waals surface area contributed by atoms with Gasteiger partial charge < -0.3 is 35.4 Å². The van der Waals surface area contributed by atoms with Crippen molar-refractivity contribution >= 4 is 41.0 Å². The van der Waals surface area contributed by atoms with Crippen LogP contribution in [0.1, 0.15) is 140 Å². The number of likely N-dealkylation sites (tertiary alicyclic amines) is 1. The highest BCUT2D eigenvalue weighted by Gasteiger charge is 2.38. The van der Waals surface area contributed by atoms with Gasteiger partial charge in [0, 0.05) is 37.0 Å². The van der Waals surface area contributed by atoms with Crippen LogP contribution in [0.5, 0.6) is 5.75 Å². The molecule has 4 rings (SSSR count). The van der Waals surface area contributed by atoms with Gasteiger partial charge in [-0.05, 0) is 101 Å². The van der Waals surface area contributed by atoms with E-state index in [0.717, 1.165) is 70.0 Å². The third-order valence-electron chi connectivity index (χ3n) is 12.1. The lowest BCUT2D eigenvalue weighted by Crippen LogP contribution is -2.58. The number of nitrogens with zero attached hydrogens (tertiary/aromatic N) is 3. The molecular formula is C46H72N6O8S. The van der Waals surface area contributed by atoms with Crippen LogP contribution in [0.2, 0.25) is 0 Å². The molecule has 4 N–H and O–H groups in total. The number of carbonyl (C=O) groups is 5. The van der Waals surface area contributed by atoms with Gasteiger partial charge in [-0.2, -0.15) is 0 Å². The summed E-state index contributed by atoms with van der Waals surface area (Å²) in [6.45, 7) is 16.6. The number of nitrogens with one attached hydrogen (secondary N) is 3. The van der Waals surface area contributed by atoms with Crippen molar-refractivity contribution in [1.82, 2.24) is 30.7 Å². The van der Waals surface area contributed by atoms with E-state index in [1.54, 1.807) is 24.4 Å². The van der Waals surface area contributed by atoms with Gasteiger partial charge in [-0.15, -0.1) is 11.3 Å². The zero-order valence-electron chi connectivity index (χ0n) is 37.7. The van der Waals surface area contributed by atoms with E-state index in [2.05, 4.69) is 34.7 Å². The van der Waals surface area contributed by atoms with Crippen molar-refractivity contribution in [3.8, 4) is 5.75 Å². The molecule has 15 heteroatoms. The summed E-state index contributed by atoms with van der Waals surface area (Å²) in [6, 6.07) is 5.05. The van der Waals surface area contributed by atoms with Crippen molar-refractivity contribution in [2.24, 2.45) is 17.8 Å². The van der Waals surface area contributed by atoms with Gasteiger partial charge in [0.1, 0.15) is 34.6 Å². The average Bonchev–Trinajstić information content (AvgIpc) is 3.97. The number of esters is 1. The van der Waals surface area contributed by atoms with Crippen LogP contribution in [0, 0.1) is 17.8 Å². The summed E-state index contributed by atoms with van der Waals surface area (Å²) in [5.41, 5.74) is 1.05. The van der Waals surface area contributed by atoms with Crippen LogP contribution in [-0.4, -0.2) is 113 Å². The van der Waals surface area contributed by atoms with Crippen molar-refractivity contribution < 1.29 is 38.6 Å². The number of benzene rings is 1. The standard InChI is InChI=1S/C46H72N6O8S/c1-9-22-52(44(55)40(30(6)11-3)50-42(54)37-16-12-13-23-51(37)8)38(29(4)5)27-39(59-24-10-2)43-49-36(28-61-43)41(53)48-33(25-31(7)45(56)57)26-32-17-19-34(20-18-32)60-46(58)35-15-14-21-47-35/h17-20,28-31,33,35,37-40,47H,9-16,21-27H2,1-8H3,(H,48,53)(H,50,54)(H,56,57). The Bertz CT molecular complexity index is 1720. The van der Waals surface area contributed by atoms with Crippen LogP contribution >= 0.6 is 11.3 Å². The monoisotopic (exact) mass is 869 g/mol. The molecule has 2 fully saturated rings. The number of amides is 3. The maximum absolute atomic E-state index is 14.7. The first-order valence-corrected chi connectivity index (χ1v) is 23.5.